The number of hydrogen-bond acceptors (Lipinski definition) is 2. The third kappa shape index (κ3) is 2.27. The molecule has 0 aliphatic carbocycles. The summed E-state index contributed by atoms with van der Waals surface area (Å²) in [6.07, 6.45) is 0.694. The van der Waals surface area contributed by atoms with Crippen molar-refractivity contribution in [2.75, 3.05) is 12.4 Å². The zero-order valence-corrected chi connectivity index (χ0v) is 11.6. The van der Waals surface area contributed by atoms with Crippen LogP contribution in [0.3, 0.4) is 0 Å². The maximum Gasteiger partial charge on any atom is 0.232 e. The highest BCUT2D eigenvalue weighted by atomic mass is 16.5. The smallest absolute Gasteiger partial charge is 0.232 e. The Bertz CT molecular complexity index is 664. The summed E-state index contributed by atoms with van der Waals surface area (Å²) in [5.41, 5.74) is 4.32. The van der Waals surface area contributed by atoms with Gasteiger partial charge in [-0.15, -0.1) is 0 Å². The van der Waals surface area contributed by atoms with Crippen molar-refractivity contribution in [3.63, 3.8) is 0 Å². The van der Waals surface area contributed by atoms with Gasteiger partial charge in [-0.2, -0.15) is 0 Å². The number of amides is 1. The van der Waals surface area contributed by atoms with E-state index in [9.17, 15) is 4.79 Å². The topological polar surface area (TPSA) is 38.3 Å². The molecule has 0 aromatic heterocycles. The van der Waals surface area contributed by atoms with Crippen LogP contribution in [0.1, 0.15) is 22.6 Å². The van der Waals surface area contributed by atoms with E-state index >= 15 is 0 Å². The molecule has 0 saturated carbocycles. The normalized spacial score (nSPS) is 16.7. The monoisotopic (exact) mass is 267 g/mol. The summed E-state index contributed by atoms with van der Waals surface area (Å²) in [6.45, 7) is 2.05. The third-order valence-corrected chi connectivity index (χ3v) is 3.73. The van der Waals surface area contributed by atoms with Gasteiger partial charge in [0.2, 0.25) is 5.91 Å². The zero-order chi connectivity index (χ0) is 14.1. The van der Waals surface area contributed by atoms with Gasteiger partial charge >= 0.3 is 0 Å². The number of carbonyl (C=O) groups is 1. The van der Waals surface area contributed by atoms with Crippen molar-refractivity contribution in [2.24, 2.45) is 0 Å². The van der Waals surface area contributed by atoms with E-state index in [1.54, 1.807) is 7.11 Å². The van der Waals surface area contributed by atoms with E-state index in [1.165, 1.54) is 5.56 Å². The lowest BCUT2D eigenvalue weighted by molar-refractivity contribution is -0.117. The number of rotatable bonds is 3. The predicted octanol–water partition coefficient (Wildman–Crippen LogP) is 3.28. The quantitative estimate of drug-likeness (QED) is 0.926. The number of benzene rings is 2. The van der Waals surface area contributed by atoms with E-state index in [2.05, 4.69) is 11.4 Å². The first kappa shape index (κ1) is 12.7. The number of aryl methyl sites for hydroxylation is 1. The van der Waals surface area contributed by atoms with Crippen LogP contribution >= 0.6 is 0 Å². The van der Waals surface area contributed by atoms with Gasteiger partial charge in [0.15, 0.2) is 0 Å². The van der Waals surface area contributed by atoms with Gasteiger partial charge in [-0.25, -0.2) is 0 Å². The molecule has 0 bridgehead atoms. The average Bonchev–Trinajstić information content (AvgIpc) is 2.75. The lowest BCUT2D eigenvalue weighted by Gasteiger charge is -2.10. The molecule has 0 radical (unpaired) electrons. The van der Waals surface area contributed by atoms with Crippen molar-refractivity contribution in [3.8, 4) is 5.75 Å². The molecule has 102 valence electrons. The van der Waals surface area contributed by atoms with Gasteiger partial charge in [0.1, 0.15) is 5.75 Å². The molecule has 0 saturated heterocycles. The Morgan fingerprint density at radius 3 is 2.85 bits per heavy atom. The maximum atomic E-state index is 12.2. The van der Waals surface area contributed by atoms with E-state index in [-0.39, 0.29) is 11.8 Å². The summed E-state index contributed by atoms with van der Waals surface area (Å²) >= 11 is 0. The Hall–Kier alpha value is -2.29. The van der Waals surface area contributed by atoms with E-state index < -0.39 is 0 Å². The molecule has 1 amide bonds. The minimum absolute atomic E-state index is 0.0772. The second kappa shape index (κ2) is 5.00. The number of nitrogens with one attached hydrogen (secondary N) is 1. The second-order valence-electron chi connectivity index (χ2n) is 5.19. The van der Waals surface area contributed by atoms with Crippen molar-refractivity contribution in [1.82, 2.24) is 0 Å². The molecule has 1 aliphatic rings. The second-order valence-corrected chi connectivity index (χ2v) is 5.19. The Balaban J connectivity index is 1.91. The Morgan fingerprint density at radius 2 is 2.05 bits per heavy atom. The molecule has 2 aromatic rings. The lowest BCUT2D eigenvalue weighted by Crippen LogP contribution is -2.14. The van der Waals surface area contributed by atoms with Gasteiger partial charge < -0.3 is 10.1 Å². The molecule has 2 aromatic carbocycles. The number of fused-ring (bicyclic) bond motifs is 1. The first-order valence-electron chi connectivity index (χ1n) is 6.72. The molecule has 1 heterocycles. The molecular weight excluding hydrogens is 250 g/mol. The summed E-state index contributed by atoms with van der Waals surface area (Å²) < 4.78 is 5.23. The molecular formula is C17H17NO2. The molecule has 0 fully saturated rings. The van der Waals surface area contributed by atoms with Crippen molar-refractivity contribution in [3.05, 3.63) is 59.2 Å². The summed E-state index contributed by atoms with van der Waals surface area (Å²) in [5.74, 6) is 0.788. The first-order valence-corrected chi connectivity index (χ1v) is 6.72. The van der Waals surface area contributed by atoms with Crippen LogP contribution in [-0.4, -0.2) is 13.0 Å². The Morgan fingerprint density at radius 1 is 1.20 bits per heavy atom. The van der Waals surface area contributed by atoms with Crippen molar-refractivity contribution in [2.45, 2.75) is 19.3 Å². The van der Waals surface area contributed by atoms with Crippen LogP contribution in [0, 0.1) is 6.92 Å². The van der Waals surface area contributed by atoms with Crippen LogP contribution in [0.25, 0.3) is 0 Å². The predicted molar refractivity (Wildman–Crippen MR) is 79.2 cm³/mol. The molecule has 3 nitrogen and oxygen atoms in total. The van der Waals surface area contributed by atoms with Crippen molar-refractivity contribution >= 4 is 11.6 Å². The molecule has 1 unspecified atom stereocenters. The minimum Gasteiger partial charge on any atom is -0.497 e. The Kier molecular flexibility index (Phi) is 3.18. The van der Waals surface area contributed by atoms with Gasteiger partial charge in [0.05, 0.1) is 13.0 Å². The number of methoxy groups -OCH3 is 1. The van der Waals surface area contributed by atoms with Crippen LogP contribution in [0.15, 0.2) is 42.5 Å². The summed E-state index contributed by atoms with van der Waals surface area (Å²) in [6, 6.07) is 14.0. The average molecular weight is 267 g/mol. The highest BCUT2D eigenvalue weighted by Gasteiger charge is 2.30. The van der Waals surface area contributed by atoms with Crippen LogP contribution in [-0.2, 0) is 11.2 Å². The van der Waals surface area contributed by atoms with E-state index in [1.807, 2.05) is 43.3 Å². The standard InChI is InChI=1S/C17H17NO2/c1-11-6-7-16-14(8-11)15(17(19)18-16)10-12-4-3-5-13(9-12)20-2/h3-9,15H,10H2,1-2H3,(H,18,19). The lowest BCUT2D eigenvalue weighted by atomic mass is 9.92. The molecule has 3 rings (SSSR count). The minimum atomic E-state index is -0.114. The van der Waals surface area contributed by atoms with Gasteiger partial charge in [-0.1, -0.05) is 29.8 Å². The molecule has 3 heteroatoms. The summed E-state index contributed by atoms with van der Waals surface area (Å²) in [4.78, 5) is 12.2. The van der Waals surface area contributed by atoms with E-state index in [0.29, 0.717) is 6.42 Å². The van der Waals surface area contributed by atoms with Crippen molar-refractivity contribution < 1.29 is 9.53 Å². The SMILES string of the molecule is COc1cccc(CC2C(=O)Nc3ccc(C)cc32)c1. The van der Waals surface area contributed by atoms with Crippen LogP contribution in [0.2, 0.25) is 0 Å². The first-order chi connectivity index (χ1) is 9.67. The molecule has 0 spiro atoms. The molecule has 1 aliphatic heterocycles. The number of anilines is 1. The fourth-order valence-electron chi connectivity index (χ4n) is 2.68. The van der Waals surface area contributed by atoms with Crippen molar-refractivity contribution in [1.29, 1.82) is 0 Å². The van der Waals surface area contributed by atoms with E-state index in [4.69, 9.17) is 4.74 Å². The number of hydrogen-bond donors (Lipinski definition) is 1. The summed E-state index contributed by atoms with van der Waals surface area (Å²) in [5, 5.41) is 2.95. The number of ether oxygens (including phenoxy) is 1. The summed E-state index contributed by atoms with van der Waals surface area (Å²) in [7, 11) is 1.65. The van der Waals surface area contributed by atoms with Crippen LogP contribution in [0.5, 0.6) is 5.75 Å². The highest BCUT2D eigenvalue weighted by Crippen LogP contribution is 2.35. The van der Waals surface area contributed by atoms with Gasteiger partial charge in [0, 0.05) is 5.69 Å². The fourth-order valence-corrected chi connectivity index (χ4v) is 2.68. The number of carbonyl (C=O) groups excluding carboxylic acids is 1. The fraction of sp³-hybridized carbons (Fsp3) is 0.235. The van der Waals surface area contributed by atoms with E-state index in [0.717, 1.165) is 22.6 Å². The van der Waals surface area contributed by atoms with Gasteiger partial charge in [-0.3, -0.25) is 4.79 Å². The van der Waals surface area contributed by atoms with Gasteiger partial charge in [0.25, 0.3) is 0 Å². The third-order valence-electron chi connectivity index (χ3n) is 3.73. The Labute approximate surface area is 118 Å². The molecule has 1 atom stereocenters. The highest BCUT2D eigenvalue weighted by molar-refractivity contribution is 6.03. The zero-order valence-electron chi connectivity index (χ0n) is 11.6. The molecule has 20 heavy (non-hydrogen) atoms. The van der Waals surface area contributed by atoms with Crippen LogP contribution < -0.4 is 10.1 Å². The maximum absolute atomic E-state index is 12.2. The van der Waals surface area contributed by atoms with Crippen LogP contribution in [0.4, 0.5) is 5.69 Å². The molecule has 1 N–H and O–H groups in total. The largest absolute Gasteiger partial charge is 0.497 e. The van der Waals surface area contributed by atoms with Gasteiger partial charge in [-0.05, 0) is 42.7 Å².